The van der Waals surface area contributed by atoms with Crippen LogP contribution in [0, 0.1) is 0 Å². The number of aliphatic hydroxyl groups is 1. The van der Waals surface area contributed by atoms with E-state index in [1.165, 1.54) is 6.33 Å². The first-order valence-corrected chi connectivity index (χ1v) is 8.09. The van der Waals surface area contributed by atoms with Gasteiger partial charge in [0.25, 0.3) is 5.91 Å². The quantitative estimate of drug-likeness (QED) is 0.783. The standard InChI is InChI=1S/C18H18N4O2/c23-15-3-2-10-21(11-15)18(24)14-8-6-13(7-9-14)16-4-1-5-17-19-12-20-22(16)17/h1,4-9,12,15,23H,2-3,10-11H2. The Morgan fingerprint density at radius 2 is 2.00 bits per heavy atom. The van der Waals surface area contributed by atoms with Gasteiger partial charge in [0.2, 0.25) is 0 Å². The lowest BCUT2D eigenvalue weighted by atomic mass is 10.0. The molecule has 3 aromatic rings. The van der Waals surface area contributed by atoms with E-state index >= 15 is 0 Å². The lowest BCUT2D eigenvalue weighted by Gasteiger charge is -2.30. The summed E-state index contributed by atoms with van der Waals surface area (Å²) in [5.41, 5.74) is 3.33. The van der Waals surface area contributed by atoms with Crippen molar-refractivity contribution in [3.8, 4) is 11.3 Å². The number of carbonyl (C=O) groups excluding carboxylic acids is 1. The van der Waals surface area contributed by atoms with Crippen LogP contribution in [0.2, 0.25) is 0 Å². The van der Waals surface area contributed by atoms with E-state index in [4.69, 9.17) is 0 Å². The molecule has 1 saturated heterocycles. The van der Waals surface area contributed by atoms with Gasteiger partial charge in [-0.3, -0.25) is 4.79 Å². The SMILES string of the molecule is O=C(c1ccc(-c2cccc3ncnn23)cc1)N1CCCC(O)C1. The number of fused-ring (bicyclic) bond motifs is 1. The Morgan fingerprint density at radius 1 is 1.17 bits per heavy atom. The third-order valence-electron chi connectivity index (χ3n) is 4.41. The Bertz CT molecular complexity index is 872. The van der Waals surface area contributed by atoms with E-state index < -0.39 is 6.10 Å². The molecule has 0 saturated carbocycles. The number of rotatable bonds is 2. The molecule has 2 aromatic heterocycles. The Labute approximate surface area is 139 Å². The van der Waals surface area contributed by atoms with Crippen LogP contribution in [0.15, 0.2) is 48.8 Å². The fourth-order valence-electron chi connectivity index (χ4n) is 3.17. The molecule has 1 atom stereocenters. The third-order valence-corrected chi connectivity index (χ3v) is 4.41. The number of aromatic nitrogens is 3. The van der Waals surface area contributed by atoms with Gasteiger partial charge < -0.3 is 10.0 Å². The molecule has 3 heterocycles. The molecule has 0 spiro atoms. The molecule has 122 valence electrons. The predicted octanol–water partition coefficient (Wildman–Crippen LogP) is 1.99. The van der Waals surface area contributed by atoms with Crippen LogP contribution in [0.25, 0.3) is 16.9 Å². The van der Waals surface area contributed by atoms with Crippen LogP contribution < -0.4 is 0 Å². The topological polar surface area (TPSA) is 70.7 Å². The molecule has 1 amide bonds. The summed E-state index contributed by atoms with van der Waals surface area (Å²) in [5, 5.41) is 14.0. The third kappa shape index (κ3) is 2.65. The van der Waals surface area contributed by atoms with Crippen molar-refractivity contribution >= 4 is 11.6 Å². The number of amides is 1. The van der Waals surface area contributed by atoms with Gasteiger partial charge in [-0.15, -0.1) is 0 Å². The highest BCUT2D eigenvalue weighted by atomic mass is 16.3. The molecule has 0 aliphatic carbocycles. The van der Waals surface area contributed by atoms with Gasteiger partial charge in [0.1, 0.15) is 6.33 Å². The summed E-state index contributed by atoms with van der Waals surface area (Å²) in [6, 6.07) is 13.3. The maximum atomic E-state index is 12.6. The van der Waals surface area contributed by atoms with Gasteiger partial charge in [0.15, 0.2) is 5.65 Å². The molecule has 6 heteroatoms. The maximum absolute atomic E-state index is 12.6. The summed E-state index contributed by atoms with van der Waals surface area (Å²) < 4.78 is 1.78. The van der Waals surface area contributed by atoms with Gasteiger partial charge in [0.05, 0.1) is 11.8 Å². The summed E-state index contributed by atoms with van der Waals surface area (Å²) in [6.07, 6.45) is 2.73. The van der Waals surface area contributed by atoms with Gasteiger partial charge in [-0.1, -0.05) is 18.2 Å². The molecule has 24 heavy (non-hydrogen) atoms. The van der Waals surface area contributed by atoms with Crippen LogP contribution in [-0.4, -0.2) is 49.7 Å². The Hall–Kier alpha value is -2.73. The minimum absolute atomic E-state index is 0.0285. The molecule has 1 aliphatic rings. The zero-order valence-electron chi connectivity index (χ0n) is 13.2. The molecule has 0 bridgehead atoms. The van der Waals surface area contributed by atoms with Gasteiger partial charge in [-0.2, -0.15) is 5.10 Å². The molecule has 1 fully saturated rings. The highest BCUT2D eigenvalue weighted by Crippen LogP contribution is 2.21. The van der Waals surface area contributed by atoms with Gasteiger partial charge >= 0.3 is 0 Å². The maximum Gasteiger partial charge on any atom is 0.253 e. The molecule has 1 aliphatic heterocycles. The van der Waals surface area contributed by atoms with Crippen molar-refractivity contribution in [2.45, 2.75) is 18.9 Å². The number of piperidine rings is 1. The predicted molar refractivity (Wildman–Crippen MR) is 89.6 cm³/mol. The summed E-state index contributed by atoms with van der Waals surface area (Å²) in [6.45, 7) is 1.12. The number of pyridine rings is 1. The number of likely N-dealkylation sites (tertiary alicyclic amines) is 1. The van der Waals surface area contributed by atoms with E-state index in [0.29, 0.717) is 18.7 Å². The van der Waals surface area contributed by atoms with E-state index in [9.17, 15) is 9.90 Å². The highest BCUT2D eigenvalue weighted by molar-refractivity contribution is 5.94. The second-order valence-corrected chi connectivity index (χ2v) is 6.07. The number of carbonyl (C=O) groups is 1. The monoisotopic (exact) mass is 322 g/mol. The van der Waals surface area contributed by atoms with Crippen LogP contribution in [-0.2, 0) is 0 Å². The van der Waals surface area contributed by atoms with Crippen molar-refractivity contribution in [1.82, 2.24) is 19.5 Å². The number of hydrogen-bond donors (Lipinski definition) is 1. The fraction of sp³-hybridized carbons (Fsp3) is 0.278. The van der Waals surface area contributed by atoms with E-state index in [2.05, 4.69) is 10.1 Å². The number of aliphatic hydroxyl groups excluding tert-OH is 1. The Kier molecular flexibility index (Phi) is 3.74. The number of nitrogens with zero attached hydrogens (tertiary/aromatic N) is 4. The second-order valence-electron chi connectivity index (χ2n) is 6.07. The number of β-amino-alcohol motifs (C(OH)–C–C–N with tert-alkyl or cyclic N) is 1. The Balaban J connectivity index is 1.61. The van der Waals surface area contributed by atoms with E-state index in [1.807, 2.05) is 42.5 Å². The van der Waals surface area contributed by atoms with Crippen molar-refractivity contribution in [2.75, 3.05) is 13.1 Å². The average Bonchev–Trinajstić information content (AvgIpc) is 3.10. The molecule has 1 N–H and O–H groups in total. The molecule has 0 radical (unpaired) electrons. The lowest BCUT2D eigenvalue weighted by Crippen LogP contribution is -2.42. The summed E-state index contributed by atoms with van der Waals surface area (Å²) in [5.74, 6) is -0.0285. The summed E-state index contributed by atoms with van der Waals surface area (Å²) >= 11 is 0. The van der Waals surface area contributed by atoms with E-state index in [1.54, 1.807) is 9.42 Å². The van der Waals surface area contributed by atoms with Crippen LogP contribution in [0.3, 0.4) is 0 Å². The van der Waals surface area contributed by atoms with Crippen molar-refractivity contribution in [1.29, 1.82) is 0 Å². The van der Waals surface area contributed by atoms with E-state index in [0.717, 1.165) is 29.7 Å². The van der Waals surface area contributed by atoms with Crippen molar-refractivity contribution in [3.05, 3.63) is 54.4 Å². The smallest absolute Gasteiger partial charge is 0.253 e. The average molecular weight is 322 g/mol. The van der Waals surface area contributed by atoms with Crippen LogP contribution in [0.4, 0.5) is 0 Å². The summed E-state index contributed by atoms with van der Waals surface area (Å²) in [7, 11) is 0. The lowest BCUT2D eigenvalue weighted by molar-refractivity contribution is 0.0474. The van der Waals surface area contributed by atoms with Crippen LogP contribution in [0.5, 0.6) is 0 Å². The minimum Gasteiger partial charge on any atom is -0.391 e. The first-order valence-electron chi connectivity index (χ1n) is 8.09. The largest absolute Gasteiger partial charge is 0.391 e. The van der Waals surface area contributed by atoms with Gasteiger partial charge in [-0.05, 0) is 37.1 Å². The molecule has 1 aromatic carbocycles. The zero-order valence-corrected chi connectivity index (χ0v) is 13.2. The molecular formula is C18H18N4O2. The molecule has 1 unspecified atom stereocenters. The summed E-state index contributed by atoms with van der Waals surface area (Å²) in [4.78, 5) is 18.5. The molecule has 6 nitrogen and oxygen atoms in total. The van der Waals surface area contributed by atoms with Crippen molar-refractivity contribution in [2.24, 2.45) is 0 Å². The molecular weight excluding hydrogens is 304 g/mol. The number of benzene rings is 1. The van der Waals surface area contributed by atoms with Crippen LogP contribution in [0.1, 0.15) is 23.2 Å². The normalized spacial score (nSPS) is 18.0. The first kappa shape index (κ1) is 14.8. The van der Waals surface area contributed by atoms with Crippen molar-refractivity contribution in [3.63, 3.8) is 0 Å². The van der Waals surface area contributed by atoms with Gasteiger partial charge in [0, 0.05) is 24.2 Å². The Morgan fingerprint density at radius 3 is 2.79 bits per heavy atom. The fourth-order valence-corrected chi connectivity index (χ4v) is 3.17. The molecule has 4 rings (SSSR count). The van der Waals surface area contributed by atoms with E-state index in [-0.39, 0.29) is 5.91 Å². The number of hydrogen-bond acceptors (Lipinski definition) is 4. The first-order chi connectivity index (χ1) is 11.7. The van der Waals surface area contributed by atoms with Crippen molar-refractivity contribution < 1.29 is 9.90 Å². The zero-order chi connectivity index (χ0) is 16.5. The highest BCUT2D eigenvalue weighted by Gasteiger charge is 2.23. The minimum atomic E-state index is -0.410. The van der Waals surface area contributed by atoms with Gasteiger partial charge in [-0.25, -0.2) is 9.50 Å². The second kappa shape index (κ2) is 6.05. The van der Waals surface area contributed by atoms with Crippen LogP contribution >= 0.6 is 0 Å².